The van der Waals surface area contributed by atoms with Gasteiger partial charge in [0.1, 0.15) is 5.01 Å². The summed E-state index contributed by atoms with van der Waals surface area (Å²) in [6.07, 6.45) is 7.26. The van der Waals surface area contributed by atoms with Gasteiger partial charge in [-0.2, -0.15) is 0 Å². The second kappa shape index (κ2) is 7.92. The highest BCUT2D eigenvalue weighted by molar-refractivity contribution is 7.15. The monoisotopic (exact) mass is 351 g/mol. The zero-order valence-electron chi connectivity index (χ0n) is 14.1. The summed E-state index contributed by atoms with van der Waals surface area (Å²) in [5.41, 5.74) is 0. The van der Waals surface area contributed by atoms with Gasteiger partial charge >= 0.3 is 6.03 Å². The van der Waals surface area contributed by atoms with Gasteiger partial charge in [0.2, 0.25) is 11.0 Å². The van der Waals surface area contributed by atoms with Crippen LogP contribution in [0.25, 0.3) is 0 Å². The third-order valence-corrected chi connectivity index (χ3v) is 5.60. The first-order chi connectivity index (χ1) is 11.6. The lowest BCUT2D eigenvalue weighted by molar-refractivity contribution is -0.121. The van der Waals surface area contributed by atoms with Crippen molar-refractivity contribution >= 4 is 28.4 Å². The van der Waals surface area contributed by atoms with Crippen molar-refractivity contribution in [2.24, 2.45) is 5.92 Å². The molecule has 1 aliphatic carbocycles. The lowest BCUT2D eigenvalue weighted by atomic mass is 9.95. The van der Waals surface area contributed by atoms with Gasteiger partial charge in [0, 0.05) is 25.0 Å². The van der Waals surface area contributed by atoms with E-state index in [1.807, 2.05) is 11.8 Å². The van der Waals surface area contributed by atoms with Crippen LogP contribution in [0.3, 0.4) is 0 Å². The Labute approximate surface area is 146 Å². The number of anilines is 1. The minimum Gasteiger partial charge on any atom is -0.335 e. The maximum atomic E-state index is 12.3. The highest BCUT2D eigenvalue weighted by atomic mass is 32.1. The number of hydrogen-bond donors (Lipinski definition) is 2. The van der Waals surface area contributed by atoms with E-state index in [2.05, 4.69) is 20.8 Å². The maximum Gasteiger partial charge on any atom is 0.317 e. The first-order valence-corrected chi connectivity index (χ1v) is 9.60. The van der Waals surface area contributed by atoms with Gasteiger partial charge in [0.15, 0.2) is 0 Å². The first kappa shape index (κ1) is 17.1. The Morgan fingerprint density at radius 2 is 1.79 bits per heavy atom. The van der Waals surface area contributed by atoms with Crippen molar-refractivity contribution in [3.63, 3.8) is 0 Å². The molecule has 2 fully saturated rings. The lowest BCUT2D eigenvalue weighted by Crippen LogP contribution is -2.49. The summed E-state index contributed by atoms with van der Waals surface area (Å²) in [5.74, 6) is -0.0774. The second-order valence-corrected chi connectivity index (χ2v) is 7.84. The summed E-state index contributed by atoms with van der Waals surface area (Å²) in [7, 11) is 0. The summed E-state index contributed by atoms with van der Waals surface area (Å²) in [6, 6.07) is 0.355. The molecular formula is C16H25N5O2S. The zero-order chi connectivity index (χ0) is 16.9. The van der Waals surface area contributed by atoms with Crippen molar-refractivity contribution in [2.75, 3.05) is 18.4 Å². The van der Waals surface area contributed by atoms with E-state index in [0.717, 1.165) is 17.8 Å². The SMILES string of the molecule is Cc1nnc(NC(=O)C2CCN(C(=O)NC3CCCCC3)CC2)s1. The maximum absolute atomic E-state index is 12.3. The average Bonchev–Trinajstić information content (AvgIpc) is 3.00. The van der Waals surface area contributed by atoms with E-state index in [0.29, 0.717) is 37.1 Å². The molecule has 8 heteroatoms. The van der Waals surface area contributed by atoms with Gasteiger partial charge in [-0.3, -0.25) is 4.79 Å². The molecule has 1 aromatic heterocycles. The van der Waals surface area contributed by atoms with E-state index in [4.69, 9.17) is 0 Å². The van der Waals surface area contributed by atoms with E-state index in [1.54, 1.807) is 0 Å². The number of likely N-dealkylation sites (tertiary alicyclic amines) is 1. The van der Waals surface area contributed by atoms with Gasteiger partial charge in [0.25, 0.3) is 0 Å². The van der Waals surface area contributed by atoms with Crippen LogP contribution < -0.4 is 10.6 Å². The third kappa shape index (κ3) is 4.43. The van der Waals surface area contributed by atoms with Crippen LogP contribution in [-0.2, 0) is 4.79 Å². The van der Waals surface area contributed by atoms with Crippen LogP contribution in [0.5, 0.6) is 0 Å². The van der Waals surface area contributed by atoms with Gasteiger partial charge in [0.05, 0.1) is 0 Å². The van der Waals surface area contributed by atoms with E-state index in [1.165, 1.54) is 30.6 Å². The van der Waals surface area contributed by atoms with Crippen LogP contribution >= 0.6 is 11.3 Å². The van der Waals surface area contributed by atoms with Crippen molar-refractivity contribution in [3.05, 3.63) is 5.01 Å². The number of carbonyl (C=O) groups is 2. The van der Waals surface area contributed by atoms with E-state index in [-0.39, 0.29) is 17.9 Å². The minimum absolute atomic E-state index is 0.0153. The van der Waals surface area contributed by atoms with E-state index >= 15 is 0 Å². The van der Waals surface area contributed by atoms with Crippen molar-refractivity contribution in [2.45, 2.75) is 57.9 Å². The number of aromatic nitrogens is 2. The number of urea groups is 1. The van der Waals surface area contributed by atoms with Gasteiger partial charge in [-0.1, -0.05) is 30.6 Å². The largest absolute Gasteiger partial charge is 0.335 e. The van der Waals surface area contributed by atoms with E-state index in [9.17, 15) is 9.59 Å². The summed E-state index contributed by atoms with van der Waals surface area (Å²) in [4.78, 5) is 26.5. The lowest BCUT2D eigenvalue weighted by Gasteiger charge is -2.33. The molecule has 0 spiro atoms. The predicted molar refractivity (Wildman–Crippen MR) is 93.0 cm³/mol. The number of hydrogen-bond acceptors (Lipinski definition) is 5. The summed E-state index contributed by atoms with van der Waals surface area (Å²) in [6.45, 7) is 3.12. The quantitative estimate of drug-likeness (QED) is 0.876. The summed E-state index contributed by atoms with van der Waals surface area (Å²) < 4.78 is 0. The fraction of sp³-hybridized carbons (Fsp3) is 0.750. The standard InChI is InChI=1S/C16H25N5O2S/c1-11-19-20-15(24-11)18-14(22)12-7-9-21(10-8-12)16(23)17-13-5-3-2-4-6-13/h12-13H,2-10H2,1H3,(H,17,23)(H,18,20,22). The molecule has 1 saturated heterocycles. The molecule has 132 valence electrons. The molecule has 2 heterocycles. The minimum atomic E-state index is -0.0621. The van der Waals surface area contributed by atoms with Crippen molar-refractivity contribution in [3.8, 4) is 0 Å². The molecule has 7 nitrogen and oxygen atoms in total. The Morgan fingerprint density at radius 3 is 2.42 bits per heavy atom. The number of piperidine rings is 1. The zero-order valence-corrected chi connectivity index (χ0v) is 14.9. The molecule has 0 bridgehead atoms. The number of rotatable bonds is 3. The van der Waals surface area contributed by atoms with Crippen LogP contribution in [0, 0.1) is 12.8 Å². The molecule has 0 aromatic carbocycles. The molecule has 0 unspecified atom stereocenters. The molecule has 0 radical (unpaired) electrons. The Balaban J connectivity index is 1.43. The molecule has 1 aliphatic heterocycles. The second-order valence-electron chi connectivity index (χ2n) is 6.66. The van der Waals surface area contributed by atoms with Crippen LogP contribution in [0.2, 0.25) is 0 Å². The van der Waals surface area contributed by atoms with Gasteiger partial charge in [-0.05, 0) is 32.6 Å². The number of nitrogens with zero attached hydrogens (tertiary/aromatic N) is 3. The Kier molecular flexibility index (Phi) is 5.65. The van der Waals surface area contributed by atoms with Crippen LogP contribution in [-0.4, -0.2) is 46.2 Å². The first-order valence-electron chi connectivity index (χ1n) is 8.78. The van der Waals surface area contributed by atoms with Crippen molar-refractivity contribution in [1.29, 1.82) is 0 Å². The summed E-state index contributed by atoms with van der Waals surface area (Å²) in [5, 5.41) is 15.2. The Hall–Kier alpha value is -1.70. The molecule has 1 aromatic rings. The van der Waals surface area contributed by atoms with Crippen LogP contribution in [0.15, 0.2) is 0 Å². The molecule has 2 aliphatic rings. The Morgan fingerprint density at radius 1 is 1.08 bits per heavy atom. The number of aryl methyl sites for hydroxylation is 1. The summed E-state index contributed by atoms with van der Waals surface area (Å²) >= 11 is 1.38. The predicted octanol–water partition coefficient (Wildman–Crippen LogP) is 2.54. The van der Waals surface area contributed by atoms with Crippen molar-refractivity contribution < 1.29 is 9.59 Å². The molecule has 1 saturated carbocycles. The molecule has 24 heavy (non-hydrogen) atoms. The average molecular weight is 351 g/mol. The number of amides is 3. The molecule has 3 amide bonds. The molecule has 2 N–H and O–H groups in total. The van der Waals surface area contributed by atoms with Crippen LogP contribution in [0.1, 0.15) is 50.0 Å². The molecular weight excluding hydrogens is 326 g/mol. The van der Waals surface area contributed by atoms with Gasteiger partial charge in [-0.25, -0.2) is 4.79 Å². The van der Waals surface area contributed by atoms with Gasteiger partial charge in [-0.15, -0.1) is 10.2 Å². The highest BCUT2D eigenvalue weighted by Crippen LogP contribution is 2.22. The highest BCUT2D eigenvalue weighted by Gasteiger charge is 2.28. The Bertz CT molecular complexity index is 577. The van der Waals surface area contributed by atoms with Crippen molar-refractivity contribution in [1.82, 2.24) is 20.4 Å². The molecule has 3 rings (SSSR count). The fourth-order valence-electron chi connectivity index (χ4n) is 3.41. The van der Waals surface area contributed by atoms with Gasteiger partial charge < -0.3 is 15.5 Å². The number of carbonyl (C=O) groups excluding carboxylic acids is 2. The fourth-order valence-corrected chi connectivity index (χ4v) is 4.01. The topological polar surface area (TPSA) is 87.2 Å². The number of nitrogens with one attached hydrogen (secondary N) is 2. The molecule has 0 atom stereocenters. The smallest absolute Gasteiger partial charge is 0.317 e. The normalized spacial score (nSPS) is 20.0. The van der Waals surface area contributed by atoms with E-state index < -0.39 is 0 Å². The van der Waals surface area contributed by atoms with Crippen LogP contribution in [0.4, 0.5) is 9.93 Å². The third-order valence-electron chi connectivity index (χ3n) is 4.84.